The maximum Gasteiger partial charge on any atom is 0.573 e. The van der Waals surface area contributed by atoms with Gasteiger partial charge in [0.15, 0.2) is 0 Å². The molecular formula is C21H20F4N4O2. The fraction of sp³-hybridized carbons (Fsp3) is 0.238. The number of aliphatic hydroxyl groups excluding tert-OH is 1. The zero-order chi connectivity index (χ0) is 22.6. The molecule has 0 saturated carbocycles. The minimum atomic E-state index is -4.82. The highest BCUT2D eigenvalue weighted by Gasteiger charge is 2.31. The first kappa shape index (κ1) is 22.3. The topological polar surface area (TPSA) is 79.3 Å². The van der Waals surface area contributed by atoms with Gasteiger partial charge in [-0.25, -0.2) is 9.37 Å². The summed E-state index contributed by atoms with van der Waals surface area (Å²) >= 11 is 0. The average molecular weight is 436 g/mol. The lowest BCUT2D eigenvalue weighted by Gasteiger charge is -2.15. The van der Waals surface area contributed by atoms with E-state index < -0.39 is 6.36 Å². The van der Waals surface area contributed by atoms with Crippen molar-refractivity contribution < 1.29 is 27.4 Å². The quantitative estimate of drug-likeness (QED) is 0.451. The predicted molar refractivity (Wildman–Crippen MR) is 109 cm³/mol. The molecule has 0 amide bonds. The predicted octanol–water partition coefficient (Wildman–Crippen LogP) is 5.03. The SMILES string of the molecule is Cc1cc(Nc2cc(-c3cccc(OC(F)(F)F)c3)nc(N[C@@H](C)CO)n2)ccc1F. The van der Waals surface area contributed by atoms with Gasteiger partial charge in [0.05, 0.1) is 12.3 Å². The van der Waals surface area contributed by atoms with Crippen LogP contribution in [-0.4, -0.2) is 34.1 Å². The molecule has 10 heteroatoms. The molecule has 0 unspecified atom stereocenters. The lowest BCUT2D eigenvalue weighted by Crippen LogP contribution is -2.21. The summed E-state index contributed by atoms with van der Waals surface area (Å²) in [5.74, 6) is -0.256. The van der Waals surface area contributed by atoms with Gasteiger partial charge in [-0.05, 0) is 49.7 Å². The van der Waals surface area contributed by atoms with E-state index in [1.165, 1.54) is 30.3 Å². The van der Waals surface area contributed by atoms with Crippen molar-refractivity contribution in [3.8, 4) is 17.0 Å². The Morgan fingerprint density at radius 3 is 2.55 bits per heavy atom. The maximum atomic E-state index is 13.5. The molecule has 164 valence electrons. The van der Waals surface area contributed by atoms with Crippen LogP contribution in [-0.2, 0) is 0 Å². The van der Waals surface area contributed by atoms with Crippen molar-refractivity contribution in [3.05, 3.63) is 59.9 Å². The molecule has 1 aromatic heterocycles. The van der Waals surface area contributed by atoms with E-state index in [9.17, 15) is 22.7 Å². The van der Waals surface area contributed by atoms with Crippen molar-refractivity contribution in [2.24, 2.45) is 0 Å². The molecule has 0 spiro atoms. The van der Waals surface area contributed by atoms with E-state index in [-0.39, 0.29) is 30.2 Å². The number of aliphatic hydroxyl groups is 1. The van der Waals surface area contributed by atoms with Gasteiger partial charge in [-0.1, -0.05) is 12.1 Å². The number of alkyl halides is 3. The van der Waals surface area contributed by atoms with Crippen LogP contribution in [0.4, 0.5) is 35.0 Å². The van der Waals surface area contributed by atoms with Gasteiger partial charge in [0, 0.05) is 23.4 Å². The second-order valence-corrected chi connectivity index (χ2v) is 6.85. The molecule has 0 aliphatic heterocycles. The van der Waals surface area contributed by atoms with Crippen LogP contribution < -0.4 is 15.4 Å². The molecule has 0 aliphatic carbocycles. The van der Waals surface area contributed by atoms with Crippen LogP contribution in [0.25, 0.3) is 11.3 Å². The number of ether oxygens (including phenoxy) is 1. The summed E-state index contributed by atoms with van der Waals surface area (Å²) in [6.45, 7) is 3.15. The number of hydrogen-bond donors (Lipinski definition) is 3. The van der Waals surface area contributed by atoms with Gasteiger partial charge in [-0.2, -0.15) is 4.98 Å². The minimum absolute atomic E-state index is 0.155. The molecule has 0 bridgehead atoms. The van der Waals surface area contributed by atoms with E-state index in [1.807, 2.05) is 0 Å². The smallest absolute Gasteiger partial charge is 0.406 e. The number of hydrogen-bond acceptors (Lipinski definition) is 6. The van der Waals surface area contributed by atoms with Gasteiger partial charge in [0.2, 0.25) is 5.95 Å². The van der Waals surface area contributed by atoms with Crippen LogP contribution >= 0.6 is 0 Å². The highest BCUT2D eigenvalue weighted by Crippen LogP contribution is 2.29. The van der Waals surface area contributed by atoms with Gasteiger partial charge < -0.3 is 20.5 Å². The first-order chi connectivity index (χ1) is 14.6. The van der Waals surface area contributed by atoms with Gasteiger partial charge in [0.25, 0.3) is 0 Å². The van der Waals surface area contributed by atoms with Crippen molar-refractivity contribution in [3.63, 3.8) is 0 Å². The second kappa shape index (κ2) is 9.17. The zero-order valence-corrected chi connectivity index (χ0v) is 16.7. The number of nitrogens with zero attached hydrogens (tertiary/aromatic N) is 2. The summed E-state index contributed by atoms with van der Waals surface area (Å²) in [6.07, 6.45) is -4.82. The molecule has 6 nitrogen and oxygen atoms in total. The third-order valence-electron chi connectivity index (χ3n) is 4.17. The summed E-state index contributed by atoms with van der Waals surface area (Å²) in [7, 11) is 0. The number of anilines is 3. The Labute approximate surface area is 175 Å². The summed E-state index contributed by atoms with van der Waals surface area (Å²) in [4.78, 5) is 8.66. The number of rotatable bonds is 7. The Balaban J connectivity index is 1.99. The summed E-state index contributed by atoms with van der Waals surface area (Å²) in [5.41, 5.74) is 1.68. The standard InChI is InChI=1S/C21H20F4N4O2/c1-12-8-15(6-7-17(12)22)27-19-10-18(28-20(29-19)26-13(2)11-30)14-4-3-5-16(9-14)31-21(23,24)25/h3-10,13,30H,11H2,1-2H3,(H2,26,27,28,29)/t13-/m0/s1. The van der Waals surface area contributed by atoms with Crippen molar-refractivity contribution >= 4 is 17.5 Å². The summed E-state index contributed by atoms with van der Waals surface area (Å²) < 4.78 is 55.2. The molecule has 0 aliphatic rings. The Hall–Kier alpha value is -3.40. The Morgan fingerprint density at radius 1 is 1.10 bits per heavy atom. The highest BCUT2D eigenvalue weighted by atomic mass is 19.4. The number of aromatic nitrogens is 2. The van der Waals surface area contributed by atoms with E-state index in [0.717, 1.165) is 0 Å². The van der Waals surface area contributed by atoms with Gasteiger partial charge in [0.1, 0.15) is 17.4 Å². The van der Waals surface area contributed by atoms with E-state index in [2.05, 4.69) is 25.3 Å². The Morgan fingerprint density at radius 2 is 1.87 bits per heavy atom. The Kier molecular flexibility index (Phi) is 6.59. The molecule has 0 radical (unpaired) electrons. The van der Waals surface area contributed by atoms with Gasteiger partial charge >= 0.3 is 6.36 Å². The Bertz CT molecular complexity index is 1060. The third-order valence-corrected chi connectivity index (χ3v) is 4.17. The number of benzene rings is 2. The van der Waals surface area contributed by atoms with Crippen molar-refractivity contribution in [1.82, 2.24) is 9.97 Å². The number of aryl methyl sites for hydroxylation is 1. The zero-order valence-electron chi connectivity index (χ0n) is 16.7. The molecule has 3 rings (SSSR count). The number of halogens is 4. The highest BCUT2D eigenvalue weighted by molar-refractivity contribution is 5.68. The van der Waals surface area contributed by atoms with E-state index in [4.69, 9.17) is 0 Å². The summed E-state index contributed by atoms with van der Waals surface area (Å²) in [5, 5.41) is 15.2. The van der Waals surface area contributed by atoms with E-state index >= 15 is 0 Å². The lowest BCUT2D eigenvalue weighted by atomic mass is 10.1. The largest absolute Gasteiger partial charge is 0.573 e. The van der Waals surface area contributed by atoms with E-state index in [1.54, 1.807) is 32.0 Å². The number of nitrogens with one attached hydrogen (secondary N) is 2. The monoisotopic (exact) mass is 436 g/mol. The van der Waals surface area contributed by atoms with Crippen LogP contribution in [0.1, 0.15) is 12.5 Å². The van der Waals surface area contributed by atoms with Crippen molar-refractivity contribution in [2.45, 2.75) is 26.3 Å². The van der Waals surface area contributed by atoms with Crippen LogP contribution in [0.15, 0.2) is 48.5 Å². The van der Waals surface area contributed by atoms with Gasteiger partial charge in [-0.3, -0.25) is 0 Å². The first-order valence-electron chi connectivity index (χ1n) is 9.29. The normalized spacial score (nSPS) is 12.4. The molecule has 1 heterocycles. The second-order valence-electron chi connectivity index (χ2n) is 6.85. The summed E-state index contributed by atoms with van der Waals surface area (Å²) in [6, 6.07) is 11.0. The molecular weight excluding hydrogens is 416 g/mol. The van der Waals surface area contributed by atoms with Crippen molar-refractivity contribution in [2.75, 3.05) is 17.2 Å². The molecule has 31 heavy (non-hydrogen) atoms. The van der Waals surface area contributed by atoms with Crippen LogP contribution in [0.2, 0.25) is 0 Å². The third kappa shape index (κ3) is 6.29. The maximum absolute atomic E-state index is 13.5. The first-order valence-corrected chi connectivity index (χ1v) is 9.29. The van der Waals surface area contributed by atoms with Crippen LogP contribution in [0, 0.1) is 12.7 Å². The van der Waals surface area contributed by atoms with Crippen molar-refractivity contribution in [1.29, 1.82) is 0 Å². The fourth-order valence-electron chi connectivity index (χ4n) is 2.71. The molecule has 1 atom stereocenters. The average Bonchev–Trinajstić information content (AvgIpc) is 2.69. The van der Waals surface area contributed by atoms with Gasteiger partial charge in [-0.15, -0.1) is 13.2 Å². The molecule has 0 fully saturated rings. The molecule has 3 N–H and O–H groups in total. The fourth-order valence-corrected chi connectivity index (χ4v) is 2.71. The molecule has 3 aromatic rings. The van der Waals surface area contributed by atoms with E-state index in [0.29, 0.717) is 28.3 Å². The molecule has 2 aromatic carbocycles. The lowest BCUT2D eigenvalue weighted by molar-refractivity contribution is -0.274. The van der Waals surface area contributed by atoms with Crippen LogP contribution in [0.3, 0.4) is 0 Å². The molecule has 0 saturated heterocycles. The van der Waals surface area contributed by atoms with Crippen LogP contribution in [0.5, 0.6) is 5.75 Å². The minimum Gasteiger partial charge on any atom is -0.406 e.